The van der Waals surface area contributed by atoms with Gasteiger partial charge in [-0.3, -0.25) is 0 Å². The Balaban J connectivity index is 2.08. The molecule has 108 valence electrons. The van der Waals surface area contributed by atoms with Crippen molar-refractivity contribution in [2.45, 2.75) is 49.9 Å². The number of nitrogens with one attached hydrogen (secondary N) is 2. The molecule has 19 heavy (non-hydrogen) atoms. The van der Waals surface area contributed by atoms with Gasteiger partial charge >= 0.3 is 0 Å². The highest BCUT2D eigenvalue weighted by Gasteiger charge is 2.40. The van der Waals surface area contributed by atoms with E-state index >= 15 is 0 Å². The highest BCUT2D eigenvalue weighted by Crippen LogP contribution is 2.40. The molecule has 1 fully saturated rings. The maximum absolute atomic E-state index is 12.3. The zero-order valence-electron chi connectivity index (χ0n) is 11.7. The van der Waals surface area contributed by atoms with Crippen LogP contribution in [0.4, 0.5) is 0 Å². The highest BCUT2D eigenvalue weighted by atomic mass is 32.2. The number of rotatable bonds is 7. The van der Waals surface area contributed by atoms with Crippen LogP contribution in [-0.4, -0.2) is 20.5 Å². The molecule has 0 atom stereocenters. The summed E-state index contributed by atoms with van der Waals surface area (Å²) in [6, 6.07) is 3.58. The van der Waals surface area contributed by atoms with Crippen LogP contribution in [0.2, 0.25) is 0 Å². The van der Waals surface area contributed by atoms with Gasteiger partial charge in [0.2, 0.25) is 0 Å². The van der Waals surface area contributed by atoms with Gasteiger partial charge in [-0.25, -0.2) is 13.1 Å². The lowest BCUT2D eigenvalue weighted by Gasteiger charge is -2.25. The van der Waals surface area contributed by atoms with E-state index in [0.29, 0.717) is 10.1 Å². The van der Waals surface area contributed by atoms with Crippen molar-refractivity contribution in [3.8, 4) is 0 Å². The molecule has 6 heteroatoms. The topological polar surface area (TPSA) is 58.2 Å². The van der Waals surface area contributed by atoms with Gasteiger partial charge in [0.15, 0.2) is 0 Å². The first-order valence-corrected chi connectivity index (χ1v) is 8.98. The summed E-state index contributed by atoms with van der Waals surface area (Å²) in [6.45, 7) is 7.57. The van der Waals surface area contributed by atoms with E-state index < -0.39 is 10.0 Å². The SMILES string of the molecule is CCNCc1ccc(S(=O)(=O)NC(C)(C)C2CC2)s1. The second-order valence-corrected chi connectivity index (χ2v) is 8.68. The number of hydrogen-bond acceptors (Lipinski definition) is 4. The van der Waals surface area contributed by atoms with Gasteiger partial charge in [0, 0.05) is 17.0 Å². The number of hydrogen-bond donors (Lipinski definition) is 2. The third kappa shape index (κ3) is 3.78. The molecule has 0 unspecified atom stereocenters. The summed E-state index contributed by atoms with van der Waals surface area (Å²) in [7, 11) is -3.39. The van der Waals surface area contributed by atoms with Gasteiger partial charge in [0.25, 0.3) is 10.0 Å². The predicted molar refractivity (Wildman–Crippen MR) is 78.8 cm³/mol. The van der Waals surface area contributed by atoms with Gasteiger partial charge in [-0.2, -0.15) is 0 Å². The van der Waals surface area contributed by atoms with E-state index in [0.717, 1.165) is 30.8 Å². The Bertz CT molecular complexity index is 531. The van der Waals surface area contributed by atoms with E-state index in [4.69, 9.17) is 0 Å². The molecule has 1 heterocycles. The Morgan fingerprint density at radius 3 is 2.63 bits per heavy atom. The van der Waals surface area contributed by atoms with Crippen molar-refractivity contribution in [2.75, 3.05) is 6.54 Å². The molecule has 0 spiro atoms. The van der Waals surface area contributed by atoms with Gasteiger partial charge in [0.05, 0.1) is 0 Å². The van der Waals surface area contributed by atoms with Crippen molar-refractivity contribution in [2.24, 2.45) is 5.92 Å². The monoisotopic (exact) mass is 302 g/mol. The largest absolute Gasteiger partial charge is 0.312 e. The fourth-order valence-electron chi connectivity index (χ4n) is 2.13. The second kappa shape index (κ2) is 5.52. The quantitative estimate of drug-likeness (QED) is 0.812. The van der Waals surface area contributed by atoms with Crippen LogP contribution < -0.4 is 10.0 Å². The molecule has 0 saturated heterocycles. The van der Waals surface area contributed by atoms with E-state index in [-0.39, 0.29) is 5.54 Å². The van der Waals surface area contributed by atoms with Crippen LogP contribution in [-0.2, 0) is 16.6 Å². The lowest BCUT2D eigenvalue weighted by Crippen LogP contribution is -2.44. The molecule has 0 aliphatic heterocycles. The second-order valence-electron chi connectivity index (χ2n) is 5.60. The highest BCUT2D eigenvalue weighted by molar-refractivity contribution is 7.91. The molecular weight excluding hydrogens is 280 g/mol. The summed E-state index contributed by atoms with van der Waals surface area (Å²) >= 11 is 1.34. The Hall–Kier alpha value is -0.430. The van der Waals surface area contributed by atoms with E-state index in [1.165, 1.54) is 11.3 Å². The zero-order valence-corrected chi connectivity index (χ0v) is 13.3. The van der Waals surface area contributed by atoms with Crippen molar-refractivity contribution in [1.29, 1.82) is 0 Å². The Morgan fingerprint density at radius 2 is 2.05 bits per heavy atom. The summed E-state index contributed by atoms with van der Waals surface area (Å²) in [5, 5.41) is 3.20. The Labute approximate surface area is 119 Å². The summed E-state index contributed by atoms with van der Waals surface area (Å²) in [4.78, 5) is 1.05. The van der Waals surface area contributed by atoms with E-state index in [1.54, 1.807) is 6.07 Å². The van der Waals surface area contributed by atoms with Gasteiger partial charge in [0.1, 0.15) is 4.21 Å². The van der Waals surface area contributed by atoms with Gasteiger partial charge in [-0.1, -0.05) is 6.92 Å². The number of thiophene rings is 1. The summed E-state index contributed by atoms with van der Waals surface area (Å²) in [5.74, 6) is 0.475. The first-order valence-electron chi connectivity index (χ1n) is 6.68. The molecule has 2 N–H and O–H groups in total. The molecule has 4 nitrogen and oxygen atoms in total. The fourth-order valence-corrected chi connectivity index (χ4v) is 4.93. The molecule has 1 aliphatic carbocycles. The van der Waals surface area contributed by atoms with Crippen LogP contribution in [0.15, 0.2) is 16.3 Å². The minimum absolute atomic E-state index is 0.343. The van der Waals surface area contributed by atoms with Gasteiger partial charge < -0.3 is 5.32 Å². The molecule has 1 saturated carbocycles. The van der Waals surface area contributed by atoms with Gasteiger partial charge in [-0.15, -0.1) is 11.3 Å². The smallest absolute Gasteiger partial charge is 0.250 e. The molecule has 1 aromatic heterocycles. The van der Waals surface area contributed by atoms with Crippen LogP contribution in [0.25, 0.3) is 0 Å². The predicted octanol–water partition coefficient (Wildman–Crippen LogP) is 2.32. The van der Waals surface area contributed by atoms with Crippen LogP contribution in [0.3, 0.4) is 0 Å². The van der Waals surface area contributed by atoms with Crippen LogP contribution >= 0.6 is 11.3 Å². The average molecular weight is 302 g/mol. The minimum Gasteiger partial charge on any atom is -0.312 e. The molecular formula is C13H22N2O2S2. The number of sulfonamides is 1. The third-order valence-corrected chi connectivity index (χ3v) is 6.70. The Kier molecular flexibility index (Phi) is 4.35. The maximum Gasteiger partial charge on any atom is 0.250 e. The van der Waals surface area contributed by atoms with Crippen LogP contribution in [0, 0.1) is 5.92 Å². The molecule has 0 amide bonds. The summed E-state index contributed by atoms with van der Waals surface area (Å²) in [5.41, 5.74) is -0.343. The minimum atomic E-state index is -3.39. The van der Waals surface area contributed by atoms with Crippen molar-refractivity contribution in [1.82, 2.24) is 10.0 Å². The van der Waals surface area contributed by atoms with Crippen molar-refractivity contribution in [3.63, 3.8) is 0 Å². The summed E-state index contributed by atoms with van der Waals surface area (Å²) < 4.78 is 27.9. The van der Waals surface area contributed by atoms with E-state index in [2.05, 4.69) is 10.0 Å². The third-order valence-electron chi connectivity index (χ3n) is 3.45. The lowest BCUT2D eigenvalue weighted by atomic mass is 10.0. The molecule has 0 aromatic carbocycles. The summed E-state index contributed by atoms with van der Waals surface area (Å²) in [6.07, 6.45) is 2.23. The molecule has 2 rings (SSSR count). The average Bonchev–Trinajstić information content (AvgIpc) is 3.05. The van der Waals surface area contributed by atoms with Crippen LogP contribution in [0.1, 0.15) is 38.5 Å². The molecule has 0 radical (unpaired) electrons. The van der Waals surface area contributed by atoms with Crippen LogP contribution in [0.5, 0.6) is 0 Å². The standard InChI is InChI=1S/C13H22N2O2S2/c1-4-14-9-11-7-8-12(18-11)19(16,17)15-13(2,3)10-5-6-10/h7-8,10,14-15H,4-6,9H2,1-3H3. The zero-order chi connectivity index (χ0) is 14.1. The normalized spacial score (nSPS) is 16.8. The van der Waals surface area contributed by atoms with Gasteiger partial charge in [-0.05, 0) is 51.3 Å². The van der Waals surface area contributed by atoms with E-state index in [9.17, 15) is 8.42 Å². The maximum atomic E-state index is 12.3. The molecule has 1 aromatic rings. The molecule has 0 bridgehead atoms. The molecule has 1 aliphatic rings. The van der Waals surface area contributed by atoms with Crippen molar-refractivity contribution >= 4 is 21.4 Å². The lowest BCUT2D eigenvalue weighted by molar-refractivity contribution is 0.401. The van der Waals surface area contributed by atoms with E-state index in [1.807, 2.05) is 26.8 Å². The fraction of sp³-hybridized carbons (Fsp3) is 0.692. The Morgan fingerprint density at radius 1 is 1.37 bits per heavy atom. The van der Waals surface area contributed by atoms with Crippen molar-refractivity contribution in [3.05, 3.63) is 17.0 Å². The first-order chi connectivity index (χ1) is 8.85. The first kappa shape index (κ1) is 15.0. The van der Waals surface area contributed by atoms with Crippen molar-refractivity contribution < 1.29 is 8.42 Å².